The van der Waals surface area contributed by atoms with E-state index in [1.54, 1.807) is 4.90 Å². The van der Waals surface area contributed by atoms with Gasteiger partial charge in [0.2, 0.25) is 11.8 Å². The number of carbonyl (C=O) groups is 2. The fourth-order valence-corrected chi connectivity index (χ4v) is 4.46. The molecule has 1 N–H and O–H groups in total. The highest BCUT2D eigenvalue weighted by Crippen LogP contribution is 2.30. The first-order chi connectivity index (χ1) is 16.9. The minimum atomic E-state index is -0.583. The van der Waals surface area contributed by atoms with Crippen molar-refractivity contribution in [1.29, 1.82) is 0 Å². The van der Waals surface area contributed by atoms with Crippen molar-refractivity contribution in [3.63, 3.8) is 0 Å². The van der Waals surface area contributed by atoms with Gasteiger partial charge in [-0.3, -0.25) is 9.59 Å². The Bertz CT molecular complexity index is 1050. The van der Waals surface area contributed by atoms with Crippen LogP contribution in [0.1, 0.15) is 62.6 Å². The molecule has 2 atom stereocenters. The first-order valence-corrected chi connectivity index (χ1v) is 12.8. The highest BCUT2D eigenvalue weighted by molar-refractivity contribution is 6.31. The molecule has 0 saturated heterocycles. The zero-order valence-electron chi connectivity index (χ0n) is 20.8. The van der Waals surface area contributed by atoms with Crippen molar-refractivity contribution in [2.75, 3.05) is 0 Å². The van der Waals surface area contributed by atoms with Crippen molar-refractivity contribution in [3.8, 4) is 0 Å². The summed E-state index contributed by atoms with van der Waals surface area (Å²) in [6.45, 7) is 6.23. The molecule has 4 nitrogen and oxygen atoms in total. The maximum atomic E-state index is 14.0. The molecule has 35 heavy (non-hydrogen) atoms. The van der Waals surface area contributed by atoms with Crippen LogP contribution in [0.25, 0.3) is 0 Å². The van der Waals surface area contributed by atoms with Crippen LogP contribution < -0.4 is 5.32 Å². The topological polar surface area (TPSA) is 49.4 Å². The van der Waals surface area contributed by atoms with E-state index in [0.717, 1.165) is 23.1 Å². The van der Waals surface area contributed by atoms with Gasteiger partial charge in [0.1, 0.15) is 6.04 Å². The third kappa shape index (κ3) is 7.19. The molecular weight excluding hydrogens is 456 g/mol. The third-order valence-electron chi connectivity index (χ3n) is 6.47. The van der Waals surface area contributed by atoms with Crippen molar-refractivity contribution >= 4 is 23.4 Å². The number of halogens is 1. The van der Waals surface area contributed by atoms with Crippen molar-refractivity contribution in [2.45, 2.75) is 64.6 Å². The summed E-state index contributed by atoms with van der Waals surface area (Å²) in [5, 5.41) is 3.66. The van der Waals surface area contributed by atoms with Crippen molar-refractivity contribution in [2.24, 2.45) is 0 Å². The minimum Gasteiger partial charge on any atom is -0.352 e. The van der Waals surface area contributed by atoms with E-state index in [1.165, 1.54) is 0 Å². The van der Waals surface area contributed by atoms with Crippen LogP contribution in [-0.4, -0.2) is 28.8 Å². The van der Waals surface area contributed by atoms with Gasteiger partial charge in [-0.25, -0.2) is 0 Å². The quantitative estimate of drug-likeness (QED) is 0.330. The highest BCUT2D eigenvalue weighted by Gasteiger charge is 2.31. The van der Waals surface area contributed by atoms with Crippen LogP contribution >= 0.6 is 11.6 Å². The standard InChI is InChI=1S/C30H35ClN2O2/c1-4-22(3)32-30(35)28(5-2)33(21-25-18-12-13-19-27(25)31)29(34)20-26(23-14-8-6-9-15-23)24-16-10-7-11-17-24/h6-19,22,26,28H,4-5,20-21H2,1-3H3,(H,32,35)/t22-,28+/m0/s1. The lowest BCUT2D eigenvalue weighted by molar-refractivity contribution is -0.141. The average molecular weight is 491 g/mol. The van der Waals surface area contributed by atoms with Crippen LogP contribution in [0.2, 0.25) is 5.02 Å². The lowest BCUT2D eigenvalue weighted by Gasteiger charge is -2.33. The van der Waals surface area contributed by atoms with Gasteiger partial charge in [0.25, 0.3) is 0 Å². The Hall–Kier alpha value is -3.11. The second-order valence-corrected chi connectivity index (χ2v) is 9.34. The number of benzene rings is 3. The third-order valence-corrected chi connectivity index (χ3v) is 6.84. The number of rotatable bonds is 11. The fourth-order valence-electron chi connectivity index (χ4n) is 4.26. The van der Waals surface area contributed by atoms with Crippen molar-refractivity contribution < 1.29 is 9.59 Å². The van der Waals surface area contributed by atoms with E-state index in [9.17, 15) is 9.59 Å². The zero-order chi connectivity index (χ0) is 25.2. The molecule has 2 amide bonds. The fraction of sp³-hybridized carbons (Fsp3) is 0.333. The van der Waals surface area contributed by atoms with Crippen LogP contribution in [0.5, 0.6) is 0 Å². The Morgan fingerprint density at radius 2 is 1.37 bits per heavy atom. The molecule has 0 unspecified atom stereocenters. The molecule has 3 aromatic rings. The molecular formula is C30H35ClN2O2. The van der Waals surface area contributed by atoms with E-state index in [2.05, 4.69) is 29.6 Å². The Morgan fingerprint density at radius 1 is 0.829 bits per heavy atom. The molecule has 0 bridgehead atoms. The maximum absolute atomic E-state index is 14.0. The highest BCUT2D eigenvalue weighted by atomic mass is 35.5. The summed E-state index contributed by atoms with van der Waals surface area (Å²) < 4.78 is 0. The molecule has 184 valence electrons. The summed E-state index contributed by atoms with van der Waals surface area (Å²) in [6.07, 6.45) is 1.59. The molecule has 0 aromatic heterocycles. The molecule has 0 saturated carbocycles. The summed E-state index contributed by atoms with van der Waals surface area (Å²) in [6, 6.07) is 27.1. The second-order valence-electron chi connectivity index (χ2n) is 8.93. The van der Waals surface area contributed by atoms with E-state index in [1.807, 2.05) is 81.4 Å². The molecule has 0 aliphatic heterocycles. The molecule has 3 aromatic carbocycles. The molecule has 0 aliphatic rings. The Morgan fingerprint density at radius 3 is 1.89 bits per heavy atom. The smallest absolute Gasteiger partial charge is 0.243 e. The van der Waals surface area contributed by atoms with Gasteiger partial charge in [0.05, 0.1) is 0 Å². The molecule has 5 heteroatoms. The number of amides is 2. The van der Waals surface area contributed by atoms with Gasteiger partial charge < -0.3 is 10.2 Å². The monoisotopic (exact) mass is 490 g/mol. The molecule has 0 spiro atoms. The normalized spacial score (nSPS) is 12.7. The number of carbonyl (C=O) groups excluding carboxylic acids is 2. The Labute approximate surface area is 214 Å². The van der Waals surface area contributed by atoms with Gasteiger partial charge >= 0.3 is 0 Å². The van der Waals surface area contributed by atoms with Gasteiger partial charge in [-0.05, 0) is 42.5 Å². The molecule has 0 fully saturated rings. The molecule has 3 rings (SSSR count). The number of hydrogen-bond donors (Lipinski definition) is 1. The van der Waals surface area contributed by atoms with Crippen LogP contribution in [-0.2, 0) is 16.1 Å². The van der Waals surface area contributed by atoms with Gasteiger partial charge in [-0.1, -0.05) is 104 Å². The van der Waals surface area contributed by atoms with Crippen molar-refractivity contribution in [1.82, 2.24) is 10.2 Å². The van der Waals surface area contributed by atoms with Crippen LogP contribution in [0.3, 0.4) is 0 Å². The van der Waals surface area contributed by atoms with E-state index < -0.39 is 6.04 Å². The first-order valence-electron chi connectivity index (χ1n) is 12.4. The van der Waals surface area contributed by atoms with Gasteiger partial charge in [0, 0.05) is 29.9 Å². The maximum Gasteiger partial charge on any atom is 0.243 e. The van der Waals surface area contributed by atoms with E-state index in [0.29, 0.717) is 11.4 Å². The van der Waals surface area contributed by atoms with Crippen molar-refractivity contribution in [3.05, 3.63) is 107 Å². The number of nitrogens with zero attached hydrogens (tertiary/aromatic N) is 1. The summed E-state index contributed by atoms with van der Waals surface area (Å²) >= 11 is 6.47. The second kappa shape index (κ2) is 13.1. The van der Waals surface area contributed by atoms with Crippen LogP contribution in [0, 0.1) is 0 Å². The first kappa shape index (κ1) is 26.5. The number of hydrogen-bond acceptors (Lipinski definition) is 2. The van der Waals surface area contributed by atoms with E-state index in [4.69, 9.17) is 11.6 Å². The SMILES string of the molecule is CC[C@H](C(=O)N[C@@H](C)CC)N(Cc1ccccc1Cl)C(=O)CC(c1ccccc1)c1ccccc1. The predicted octanol–water partition coefficient (Wildman–Crippen LogP) is 6.58. The Balaban J connectivity index is 1.96. The summed E-state index contributed by atoms with van der Waals surface area (Å²) in [7, 11) is 0. The van der Waals surface area contributed by atoms with Gasteiger partial charge in [-0.2, -0.15) is 0 Å². The van der Waals surface area contributed by atoms with Crippen LogP contribution in [0.15, 0.2) is 84.9 Å². The molecule has 0 radical (unpaired) electrons. The lowest BCUT2D eigenvalue weighted by Crippen LogP contribution is -2.51. The summed E-state index contributed by atoms with van der Waals surface area (Å²) in [5.41, 5.74) is 2.97. The predicted molar refractivity (Wildman–Crippen MR) is 143 cm³/mol. The van der Waals surface area contributed by atoms with E-state index in [-0.39, 0.29) is 36.7 Å². The number of nitrogens with one attached hydrogen (secondary N) is 1. The van der Waals surface area contributed by atoms with Crippen LogP contribution in [0.4, 0.5) is 0 Å². The summed E-state index contributed by atoms with van der Waals surface area (Å²) in [5.74, 6) is -0.319. The molecule has 0 aliphatic carbocycles. The minimum absolute atomic E-state index is 0.0372. The summed E-state index contributed by atoms with van der Waals surface area (Å²) in [4.78, 5) is 28.9. The Kier molecular flexibility index (Phi) is 9.92. The zero-order valence-corrected chi connectivity index (χ0v) is 21.5. The molecule has 0 heterocycles. The lowest BCUT2D eigenvalue weighted by atomic mass is 9.88. The van der Waals surface area contributed by atoms with Gasteiger partial charge in [-0.15, -0.1) is 0 Å². The van der Waals surface area contributed by atoms with Gasteiger partial charge in [0.15, 0.2) is 0 Å². The largest absolute Gasteiger partial charge is 0.352 e. The van der Waals surface area contributed by atoms with E-state index >= 15 is 0 Å². The average Bonchev–Trinajstić information content (AvgIpc) is 2.89.